The van der Waals surface area contributed by atoms with Crippen LogP contribution in [-0.4, -0.2) is 10.6 Å². The van der Waals surface area contributed by atoms with E-state index in [1.165, 1.54) is 11.3 Å². The summed E-state index contributed by atoms with van der Waals surface area (Å²) in [7, 11) is 0. The minimum Gasteiger partial charge on any atom is -0.292 e. The van der Waals surface area contributed by atoms with Gasteiger partial charge in [-0.1, -0.05) is 28.9 Å². The van der Waals surface area contributed by atoms with Gasteiger partial charge in [0, 0.05) is 0 Å². The van der Waals surface area contributed by atoms with Crippen LogP contribution in [0.2, 0.25) is 0 Å². The summed E-state index contributed by atoms with van der Waals surface area (Å²) in [6.07, 6.45) is 0.844. The quantitative estimate of drug-likeness (QED) is 0.579. The summed E-state index contributed by atoms with van der Waals surface area (Å²) in [6.45, 7) is 1.99. The van der Waals surface area contributed by atoms with Crippen molar-refractivity contribution < 1.29 is 4.79 Å². The van der Waals surface area contributed by atoms with Gasteiger partial charge in [-0.05, 0) is 17.9 Å². The van der Waals surface area contributed by atoms with Crippen LogP contribution in [0.15, 0.2) is 17.5 Å². The smallest absolute Gasteiger partial charge is 0.186 e. The highest BCUT2D eigenvalue weighted by atomic mass is 79.9. The third kappa shape index (κ3) is 2.14. The molecule has 1 unspecified atom stereocenters. The van der Waals surface area contributed by atoms with Crippen LogP contribution >= 0.6 is 27.3 Å². The molecule has 0 saturated carbocycles. The van der Waals surface area contributed by atoms with Crippen molar-refractivity contribution in [3.05, 3.63) is 22.4 Å². The molecular weight excluding hydrogens is 224 g/mol. The second-order valence-electron chi connectivity index (χ2n) is 2.22. The van der Waals surface area contributed by atoms with Gasteiger partial charge in [-0.2, -0.15) is 0 Å². The number of carbonyl (C=O) groups is 1. The third-order valence-corrected chi connectivity index (χ3v) is 3.35. The third-order valence-electron chi connectivity index (χ3n) is 1.41. The van der Waals surface area contributed by atoms with E-state index in [2.05, 4.69) is 15.9 Å². The molecule has 0 aliphatic rings. The normalized spacial score (nSPS) is 12.9. The lowest BCUT2D eigenvalue weighted by Crippen LogP contribution is -2.10. The van der Waals surface area contributed by atoms with Gasteiger partial charge >= 0.3 is 0 Å². The molecule has 60 valence electrons. The van der Waals surface area contributed by atoms with E-state index in [0.717, 1.165) is 11.3 Å². The minimum absolute atomic E-state index is 0.0128. The average Bonchev–Trinajstić information content (AvgIpc) is 2.53. The first-order valence-electron chi connectivity index (χ1n) is 3.47. The largest absolute Gasteiger partial charge is 0.292 e. The molecule has 0 amide bonds. The molecule has 0 aliphatic heterocycles. The second kappa shape index (κ2) is 4.02. The summed E-state index contributed by atoms with van der Waals surface area (Å²) < 4.78 is 0. The Morgan fingerprint density at radius 1 is 1.82 bits per heavy atom. The van der Waals surface area contributed by atoms with Crippen molar-refractivity contribution in [2.45, 2.75) is 18.2 Å². The van der Waals surface area contributed by atoms with E-state index in [4.69, 9.17) is 0 Å². The monoisotopic (exact) mass is 232 g/mol. The lowest BCUT2D eigenvalue weighted by atomic mass is 10.2. The summed E-state index contributed by atoms with van der Waals surface area (Å²) in [5.41, 5.74) is 0. The highest BCUT2D eigenvalue weighted by molar-refractivity contribution is 9.10. The van der Waals surface area contributed by atoms with Crippen molar-refractivity contribution in [1.29, 1.82) is 0 Å². The Bertz CT molecular complexity index is 230. The molecule has 0 N–H and O–H groups in total. The molecule has 0 fully saturated rings. The van der Waals surface area contributed by atoms with Crippen molar-refractivity contribution in [3.8, 4) is 0 Å². The zero-order chi connectivity index (χ0) is 8.27. The van der Waals surface area contributed by atoms with E-state index in [1.54, 1.807) is 0 Å². The van der Waals surface area contributed by atoms with Gasteiger partial charge in [0.05, 0.1) is 9.70 Å². The number of hydrogen-bond acceptors (Lipinski definition) is 2. The zero-order valence-corrected chi connectivity index (χ0v) is 8.61. The van der Waals surface area contributed by atoms with Crippen LogP contribution < -0.4 is 0 Å². The van der Waals surface area contributed by atoms with Crippen LogP contribution in [0.4, 0.5) is 0 Å². The first-order chi connectivity index (χ1) is 5.25. The Balaban J connectivity index is 2.70. The molecule has 1 aromatic rings. The molecule has 0 aliphatic carbocycles. The standard InChI is InChI=1S/C8H9BrOS/c1-2-6(9)8(10)7-4-3-5-11-7/h3-6H,2H2,1H3. The van der Waals surface area contributed by atoms with Gasteiger partial charge in [0.15, 0.2) is 5.78 Å². The molecule has 1 nitrogen and oxygen atoms in total. The maximum Gasteiger partial charge on any atom is 0.186 e. The zero-order valence-electron chi connectivity index (χ0n) is 6.21. The molecule has 3 heteroatoms. The van der Waals surface area contributed by atoms with Gasteiger partial charge in [-0.15, -0.1) is 11.3 Å². The fraction of sp³-hybridized carbons (Fsp3) is 0.375. The Morgan fingerprint density at radius 3 is 3.00 bits per heavy atom. The van der Waals surface area contributed by atoms with E-state index < -0.39 is 0 Å². The van der Waals surface area contributed by atoms with Crippen molar-refractivity contribution in [1.82, 2.24) is 0 Å². The van der Waals surface area contributed by atoms with Crippen LogP contribution in [0.1, 0.15) is 23.0 Å². The Morgan fingerprint density at radius 2 is 2.55 bits per heavy atom. The maximum atomic E-state index is 11.4. The van der Waals surface area contributed by atoms with E-state index in [0.29, 0.717) is 0 Å². The summed E-state index contributed by atoms with van der Waals surface area (Å²) in [4.78, 5) is 12.2. The molecule has 0 radical (unpaired) electrons. The first kappa shape index (κ1) is 8.94. The topological polar surface area (TPSA) is 17.1 Å². The van der Waals surface area contributed by atoms with Gasteiger partial charge in [-0.25, -0.2) is 0 Å². The van der Waals surface area contributed by atoms with E-state index in [-0.39, 0.29) is 10.6 Å². The lowest BCUT2D eigenvalue weighted by molar-refractivity contribution is 0.0994. The molecule has 1 aromatic heterocycles. The number of thiophene rings is 1. The first-order valence-corrected chi connectivity index (χ1v) is 5.27. The molecule has 1 atom stereocenters. The number of halogens is 1. The Labute approximate surface area is 78.6 Å². The van der Waals surface area contributed by atoms with Crippen LogP contribution in [0, 0.1) is 0 Å². The summed E-state index contributed by atoms with van der Waals surface area (Å²) in [5.74, 6) is 0.197. The molecule has 0 saturated heterocycles. The molecule has 0 aromatic carbocycles. The predicted octanol–water partition coefficient (Wildman–Crippen LogP) is 3.10. The van der Waals surface area contributed by atoms with Crippen molar-refractivity contribution >= 4 is 33.0 Å². The minimum atomic E-state index is -0.0128. The lowest BCUT2D eigenvalue weighted by Gasteiger charge is -2.01. The summed E-state index contributed by atoms with van der Waals surface area (Å²) in [5, 5.41) is 1.92. The molecular formula is C8H9BrOS. The molecule has 0 bridgehead atoms. The summed E-state index contributed by atoms with van der Waals surface area (Å²) >= 11 is 4.82. The fourth-order valence-electron chi connectivity index (χ4n) is 0.759. The number of alkyl halides is 1. The number of rotatable bonds is 3. The fourth-order valence-corrected chi connectivity index (χ4v) is 1.88. The van der Waals surface area contributed by atoms with Crippen molar-refractivity contribution in [3.63, 3.8) is 0 Å². The Kier molecular flexibility index (Phi) is 3.27. The van der Waals surface area contributed by atoms with Gasteiger partial charge in [0.1, 0.15) is 0 Å². The summed E-state index contributed by atoms with van der Waals surface area (Å²) in [6, 6.07) is 3.75. The van der Waals surface area contributed by atoms with E-state index in [9.17, 15) is 4.79 Å². The predicted molar refractivity (Wildman–Crippen MR) is 51.7 cm³/mol. The maximum absolute atomic E-state index is 11.4. The van der Waals surface area contributed by atoms with E-state index >= 15 is 0 Å². The van der Waals surface area contributed by atoms with Gasteiger partial charge in [0.25, 0.3) is 0 Å². The average molecular weight is 233 g/mol. The van der Waals surface area contributed by atoms with Crippen LogP contribution in [0.5, 0.6) is 0 Å². The van der Waals surface area contributed by atoms with Crippen LogP contribution in [0.25, 0.3) is 0 Å². The molecule has 11 heavy (non-hydrogen) atoms. The van der Waals surface area contributed by atoms with Crippen LogP contribution in [-0.2, 0) is 0 Å². The van der Waals surface area contributed by atoms with Gasteiger partial charge in [-0.3, -0.25) is 4.79 Å². The SMILES string of the molecule is CCC(Br)C(=O)c1cccs1. The Hall–Kier alpha value is -0.150. The van der Waals surface area contributed by atoms with Gasteiger partial charge < -0.3 is 0 Å². The van der Waals surface area contributed by atoms with Crippen molar-refractivity contribution in [2.24, 2.45) is 0 Å². The number of carbonyl (C=O) groups excluding carboxylic acids is 1. The number of ketones is 1. The molecule has 1 heterocycles. The number of Topliss-reactive ketones (excluding diaryl/α,β-unsaturated/α-hetero) is 1. The van der Waals surface area contributed by atoms with E-state index in [1.807, 2.05) is 24.4 Å². The highest BCUT2D eigenvalue weighted by Gasteiger charge is 2.14. The number of hydrogen-bond donors (Lipinski definition) is 0. The highest BCUT2D eigenvalue weighted by Crippen LogP contribution is 2.17. The van der Waals surface area contributed by atoms with Crippen molar-refractivity contribution in [2.75, 3.05) is 0 Å². The van der Waals surface area contributed by atoms with Gasteiger partial charge in [0.2, 0.25) is 0 Å². The molecule has 0 spiro atoms. The molecule has 1 rings (SSSR count). The van der Waals surface area contributed by atoms with Crippen LogP contribution in [0.3, 0.4) is 0 Å². The second-order valence-corrected chi connectivity index (χ2v) is 4.27.